The number of rotatable bonds is 6. The van der Waals surface area contributed by atoms with Crippen molar-refractivity contribution in [3.63, 3.8) is 0 Å². The first-order valence-corrected chi connectivity index (χ1v) is 10.0. The molecule has 4 N–H and O–H groups in total. The van der Waals surface area contributed by atoms with Gasteiger partial charge in [0.25, 0.3) is 0 Å². The molecule has 2 rings (SSSR count). The van der Waals surface area contributed by atoms with Crippen LogP contribution in [0.15, 0.2) is 16.2 Å². The first-order chi connectivity index (χ1) is 11.4. The van der Waals surface area contributed by atoms with Crippen LogP contribution in [0, 0.1) is 0 Å². The molecule has 1 aromatic rings. The number of amides is 1. The van der Waals surface area contributed by atoms with E-state index in [2.05, 4.69) is 9.40 Å². The first kappa shape index (κ1) is 19.4. The predicted octanol–water partition coefficient (Wildman–Crippen LogP) is -1.84. The summed E-state index contributed by atoms with van der Waals surface area (Å²) in [5, 5.41) is 31.9. The number of hydrogen-bond acceptors (Lipinski definition) is 7. The molecule has 1 aliphatic rings. The van der Waals surface area contributed by atoms with Crippen LogP contribution in [0.5, 0.6) is 0 Å². The molecule has 3 unspecified atom stereocenters. The van der Waals surface area contributed by atoms with Crippen LogP contribution < -0.4 is 5.32 Å². The number of aryl methyl sites for hydroxylation is 1. The molecule has 9 heteroatoms. The molecule has 1 amide bonds. The van der Waals surface area contributed by atoms with Gasteiger partial charge in [-0.15, -0.1) is 0 Å². The summed E-state index contributed by atoms with van der Waals surface area (Å²) in [5.41, 5.74) is 0. The van der Waals surface area contributed by atoms with E-state index in [9.17, 15) is 24.9 Å². The summed E-state index contributed by atoms with van der Waals surface area (Å²) in [4.78, 5) is 23.3. The van der Waals surface area contributed by atoms with Gasteiger partial charge in [-0.25, -0.2) is 0 Å². The van der Waals surface area contributed by atoms with Crippen molar-refractivity contribution in [1.29, 1.82) is 0 Å². The zero-order valence-electron chi connectivity index (χ0n) is 13.1. The van der Waals surface area contributed by atoms with Crippen molar-refractivity contribution in [3.05, 3.63) is 19.8 Å². The average molecular weight is 455 g/mol. The second-order valence-electron chi connectivity index (χ2n) is 5.49. The zero-order chi connectivity index (χ0) is 17.7. The molecule has 1 saturated heterocycles. The molecule has 1 aliphatic heterocycles. The summed E-state index contributed by atoms with van der Waals surface area (Å²) in [6.07, 6.45) is -4.34. The fourth-order valence-electron chi connectivity index (χ4n) is 2.45. The van der Waals surface area contributed by atoms with Crippen molar-refractivity contribution in [2.24, 2.45) is 0 Å². The average Bonchev–Trinajstić information content (AvgIpc) is 3.05. The fourth-order valence-corrected chi connectivity index (χ4v) is 4.47. The van der Waals surface area contributed by atoms with Gasteiger partial charge in [0.05, 0.1) is 0 Å². The number of aliphatic hydroxyl groups excluding tert-OH is 3. The van der Waals surface area contributed by atoms with Crippen LogP contribution in [0.2, 0.25) is 0 Å². The summed E-state index contributed by atoms with van der Waals surface area (Å²) < 4.78 is 13.6. The van der Waals surface area contributed by atoms with Crippen molar-refractivity contribution in [2.45, 2.75) is 50.4 Å². The normalized spacial score (nSPS) is 29.9. The van der Waals surface area contributed by atoms with Crippen LogP contribution in [-0.2, 0) is 25.5 Å². The molecule has 24 heavy (non-hydrogen) atoms. The second-order valence-corrected chi connectivity index (χ2v) is 8.43. The Kier molecular flexibility index (Phi) is 7.22. The van der Waals surface area contributed by atoms with Gasteiger partial charge >= 0.3 is 149 Å². The Morgan fingerprint density at radius 3 is 2.71 bits per heavy atom. The number of carbonyl (C=O) groups is 2. The van der Waals surface area contributed by atoms with E-state index in [4.69, 9.17) is 9.47 Å². The molecule has 0 spiro atoms. The van der Waals surface area contributed by atoms with E-state index in [0.717, 1.165) is 6.92 Å². The van der Waals surface area contributed by atoms with Crippen molar-refractivity contribution >= 4 is 32.3 Å². The van der Waals surface area contributed by atoms with Gasteiger partial charge in [-0.3, -0.25) is 0 Å². The van der Waals surface area contributed by atoms with Gasteiger partial charge in [0.15, 0.2) is 0 Å². The molecular formula is C15H21NO7Te. The van der Waals surface area contributed by atoms with E-state index in [-0.39, 0.29) is 32.8 Å². The number of aliphatic hydroxyl groups is 3. The van der Waals surface area contributed by atoms with Gasteiger partial charge in [-0.05, 0) is 0 Å². The van der Waals surface area contributed by atoms with E-state index in [1.807, 2.05) is 12.1 Å². The van der Waals surface area contributed by atoms with Gasteiger partial charge in [-0.2, -0.15) is 0 Å². The summed E-state index contributed by atoms with van der Waals surface area (Å²) in [7, 11) is 0. The van der Waals surface area contributed by atoms with Gasteiger partial charge in [0.1, 0.15) is 0 Å². The Morgan fingerprint density at radius 1 is 1.38 bits per heavy atom. The number of ether oxygens (including phenoxy) is 2. The van der Waals surface area contributed by atoms with E-state index < -0.39 is 43.2 Å². The van der Waals surface area contributed by atoms with Crippen molar-refractivity contribution in [1.82, 2.24) is 5.32 Å². The van der Waals surface area contributed by atoms with E-state index in [0.29, 0.717) is 6.42 Å². The minimum absolute atomic E-state index is 0.230. The van der Waals surface area contributed by atoms with Crippen LogP contribution in [0.3, 0.4) is 0 Å². The molecule has 2 heterocycles. The van der Waals surface area contributed by atoms with Crippen LogP contribution in [0.25, 0.3) is 0 Å². The van der Waals surface area contributed by atoms with Crippen molar-refractivity contribution in [2.75, 3.05) is 6.61 Å². The third-order valence-corrected chi connectivity index (χ3v) is 6.34. The van der Waals surface area contributed by atoms with Crippen LogP contribution >= 0.6 is 0 Å². The maximum absolute atomic E-state index is 12.1. The molecule has 1 aromatic heterocycles. The Hall–Kier alpha value is -0.950. The molecule has 134 valence electrons. The Labute approximate surface area is 149 Å². The molecule has 5 atom stereocenters. The van der Waals surface area contributed by atoms with Crippen LogP contribution in [0.1, 0.15) is 16.9 Å². The molecule has 0 saturated carbocycles. The number of nitrogens with one attached hydrogen (secondary N) is 1. The van der Waals surface area contributed by atoms with E-state index >= 15 is 0 Å². The quantitative estimate of drug-likeness (QED) is 0.294. The summed E-state index contributed by atoms with van der Waals surface area (Å²) in [6.45, 7) is 0.611. The third kappa shape index (κ3) is 5.02. The number of esters is 1. The Balaban J connectivity index is 2.00. The zero-order valence-corrected chi connectivity index (χ0v) is 15.5. The molecule has 0 bridgehead atoms. The molecular weight excluding hydrogens is 434 g/mol. The monoisotopic (exact) mass is 457 g/mol. The molecule has 0 aliphatic carbocycles. The standard InChI is InChI=1S/C15H21NO7Te/c1-8(18)22-15-12(14(21)13(20)10(7-17)23-15)16-11(19)5-4-9-3-2-6-24-9/h2-3,6,10,12-15,17,20-21H,4-5,7H2,1H3,(H,16,19)/t10?,12?,13-,14-,15?/m1/s1. The predicted molar refractivity (Wildman–Crippen MR) is 83.2 cm³/mol. The first-order valence-electron chi connectivity index (χ1n) is 7.53. The Morgan fingerprint density at radius 2 is 2.12 bits per heavy atom. The molecule has 0 radical (unpaired) electrons. The minimum atomic E-state index is -1.43. The van der Waals surface area contributed by atoms with Gasteiger partial charge < -0.3 is 0 Å². The van der Waals surface area contributed by atoms with E-state index in [1.165, 1.54) is 3.58 Å². The van der Waals surface area contributed by atoms with Crippen molar-refractivity contribution in [3.8, 4) is 0 Å². The summed E-state index contributed by atoms with van der Waals surface area (Å²) in [6, 6.07) is 2.88. The summed E-state index contributed by atoms with van der Waals surface area (Å²) >= 11 is -0.305. The van der Waals surface area contributed by atoms with Gasteiger partial charge in [0, 0.05) is 0 Å². The number of carbonyl (C=O) groups excluding carboxylic acids is 2. The van der Waals surface area contributed by atoms with Crippen LogP contribution in [0.4, 0.5) is 0 Å². The Bertz CT molecular complexity index is 550. The van der Waals surface area contributed by atoms with Crippen LogP contribution in [-0.4, -0.2) is 84.9 Å². The van der Waals surface area contributed by atoms with Gasteiger partial charge in [-0.1, -0.05) is 0 Å². The second kappa shape index (κ2) is 8.94. The van der Waals surface area contributed by atoms with Crippen molar-refractivity contribution < 1.29 is 34.4 Å². The molecule has 1 fully saturated rings. The molecule has 8 nitrogen and oxygen atoms in total. The maximum atomic E-state index is 12.1. The SMILES string of the molecule is CC(=O)OC1OC(CO)[C@@H](O)[C@H](O)C1NC(=O)CCc1ccc[te]1. The third-order valence-electron chi connectivity index (χ3n) is 3.67. The molecule has 0 aromatic carbocycles. The summed E-state index contributed by atoms with van der Waals surface area (Å²) in [5.74, 6) is -0.998. The fraction of sp³-hybridized carbons (Fsp3) is 0.600. The topological polar surface area (TPSA) is 125 Å². The number of hydrogen-bond donors (Lipinski definition) is 4. The van der Waals surface area contributed by atoms with Gasteiger partial charge in [0.2, 0.25) is 0 Å². The van der Waals surface area contributed by atoms with E-state index in [1.54, 1.807) is 0 Å².